The molecule has 1 aromatic carbocycles. The molecule has 3 rings (SSSR count). The lowest BCUT2D eigenvalue weighted by Gasteiger charge is -2.11. The van der Waals surface area contributed by atoms with Gasteiger partial charge in [-0.25, -0.2) is 9.67 Å². The number of hydrogen-bond donors (Lipinski definition) is 0. The summed E-state index contributed by atoms with van der Waals surface area (Å²) in [5, 5.41) is 4.77. The van der Waals surface area contributed by atoms with Crippen LogP contribution in [0.1, 0.15) is 18.2 Å². The van der Waals surface area contributed by atoms with Crippen LogP contribution in [0.2, 0.25) is 5.15 Å². The molecule has 0 fully saturated rings. The first-order valence-electron chi connectivity index (χ1n) is 7.38. The van der Waals surface area contributed by atoms with Gasteiger partial charge in [-0.15, -0.1) is 6.58 Å². The first-order chi connectivity index (χ1) is 11.1. The summed E-state index contributed by atoms with van der Waals surface area (Å²) in [6, 6.07) is 12.0. The summed E-state index contributed by atoms with van der Waals surface area (Å²) in [7, 11) is 0. The number of allylic oxidation sites excluding steroid dienone is 1. The summed E-state index contributed by atoms with van der Waals surface area (Å²) in [5.41, 5.74) is 5.45. The number of pyridine rings is 1. The summed E-state index contributed by atoms with van der Waals surface area (Å²) in [6.45, 7) is 9.32. The molecule has 0 aliphatic carbocycles. The maximum absolute atomic E-state index is 5.91. The van der Waals surface area contributed by atoms with E-state index in [-0.39, 0.29) is 0 Å². The fourth-order valence-corrected chi connectivity index (χ4v) is 2.52. The Hall–Kier alpha value is -2.39. The van der Waals surface area contributed by atoms with E-state index >= 15 is 0 Å². The van der Waals surface area contributed by atoms with Gasteiger partial charge in [0.1, 0.15) is 5.15 Å². The van der Waals surface area contributed by atoms with E-state index in [4.69, 9.17) is 11.6 Å². The van der Waals surface area contributed by atoms with Crippen LogP contribution in [-0.4, -0.2) is 14.8 Å². The minimum atomic E-state index is 0.525. The smallest absolute Gasteiger partial charge is 0.129 e. The molecule has 0 unspecified atom stereocenters. The van der Waals surface area contributed by atoms with E-state index < -0.39 is 0 Å². The second-order valence-electron chi connectivity index (χ2n) is 5.13. The van der Waals surface area contributed by atoms with Crippen LogP contribution in [0.4, 0.5) is 0 Å². The van der Waals surface area contributed by atoms with Gasteiger partial charge in [-0.1, -0.05) is 23.7 Å². The second kappa shape index (κ2) is 7.75. The Morgan fingerprint density at radius 3 is 2.39 bits per heavy atom. The summed E-state index contributed by atoms with van der Waals surface area (Å²) >= 11 is 5.91. The molecule has 0 aliphatic rings. The van der Waals surface area contributed by atoms with Gasteiger partial charge in [0.15, 0.2) is 0 Å². The van der Waals surface area contributed by atoms with E-state index in [1.165, 1.54) is 11.1 Å². The fraction of sp³-hybridized carbons (Fsp3) is 0.158. The monoisotopic (exact) mass is 325 g/mol. The van der Waals surface area contributed by atoms with Gasteiger partial charge in [0.05, 0.1) is 5.69 Å². The predicted octanol–water partition coefficient (Wildman–Crippen LogP) is 5.40. The van der Waals surface area contributed by atoms with Crippen LogP contribution < -0.4 is 0 Å². The van der Waals surface area contributed by atoms with E-state index in [1.54, 1.807) is 12.3 Å². The lowest BCUT2D eigenvalue weighted by molar-refractivity contribution is 0.879. The zero-order valence-corrected chi connectivity index (χ0v) is 14.4. The molecule has 0 amide bonds. The third-order valence-electron chi connectivity index (χ3n) is 3.32. The highest BCUT2D eigenvalue weighted by Crippen LogP contribution is 2.28. The second-order valence-corrected chi connectivity index (χ2v) is 5.51. The van der Waals surface area contributed by atoms with Gasteiger partial charge in [0.25, 0.3) is 0 Å². The van der Waals surface area contributed by atoms with Crippen molar-refractivity contribution in [3.8, 4) is 16.8 Å². The van der Waals surface area contributed by atoms with Crippen LogP contribution in [0.3, 0.4) is 0 Å². The minimum absolute atomic E-state index is 0.525. The standard InChI is InChI=1S/C16H14ClN3.C3H6/c1-11-10-13(20-9-3-8-18-20)4-5-14(11)15-6-7-16(17)19-12(15)2;1-3-2/h3-10H,1-2H3;3H,1H2,2H3. The quantitative estimate of drug-likeness (QED) is 0.466. The minimum Gasteiger partial charge on any atom is -0.241 e. The van der Waals surface area contributed by atoms with Crippen molar-refractivity contribution in [3.05, 3.63) is 77.9 Å². The Bertz CT molecular complexity index is 792. The maximum Gasteiger partial charge on any atom is 0.129 e. The molecule has 0 N–H and O–H groups in total. The van der Waals surface area contributed by atoms with Crippen molar-refractivity contribution in [3.63, 3.8) is 0 Å². The van der Waals surface area contributed by atoms with Crippen molar-refractivity contribution in [2.45, 2.75) is 20.8 Å². The van der Waals surface area contributed by atoms with E-state index in [1.807, 2.05) is 42.9 Å². The molecule has 118 valence electrons. The topological polar surface area (TPSA) is 30.7 Å². The van der Waals surface area contributed by atoms with E-state index in [9.17, 15) is 0 Å². The molecule has 0 saturated heterocycles. The molecule has 23 heavy (non-hydrogen) atoms. The first-order valence-corrected chi connectivity index (χ1v) is 7.76. The highest BCUT2D eigenvalue weighted by atomic mass is 35.5. The van der Waals surface area contributed by atoms with E-state index in [2.05, 4.69) is 41.8 Å². The molecule has 3 nitrogen and oxygen atoms in total. The summed E-state index contributed by atoms with van der Waals surface area (Å²) in [4.78, 5) is 4.31. The van der Waals surface area contributed by atoms with Crippen molar-refractivity contribution in [1.82, 2.24) is 14.8 Å². The van der Waals surface area contributed by atoms with Crippen molar-refractivity contribution < 1.29 is 0 Å². The highest BCUT2D eigenvalue weighted by molar-refractivity contribution is 6.29. The molecule has 0 spiro atoms. The Morgan fingerprint density at radius 2 is 1.83 bits per heavy atom. The molecule has 0 saturated carbocycles. The number of benzene rings is 1. The van der Waals surface area contributed by atoms with Gasteiger partial charge in [-0.05, 0) is 62.2 Å². The molecule has 0 radical (unpaired) electrons. The normalized spacial score (nSPS) is 9.91. The van der Waals surface area contributed by atoms with Crippen LogP contribution in [0.15, 0.2) is 61.4 Å². The highest BCUT2D eigenvalue weighted by Gasteiger charge is 2.08. The molecular weight excluding hydrogens is 306 g/mol. The predicted molar refractivity (Wildman–Crippen MR) is 97.2 cm³/mol. The Kier molecular flexibility index (Phi) is 5.72. The van der Waals surface area contributed by atoms with Crippen LogP contribution in [0.5, 0.6) is 0 Å². The van der Waals surface area contributed by atoms with Gasteiger partial charge < -0.3 is 0 Å². The van der Waals surface area contributed by atoms with E-state index in [0.717, 1.165) is 16.9 Å². The number of aryl methyl sites for hydroxylation is 2. The Balaban J connectivity index is 0.000000595. The van der Waals surface area contributed by atoms with Crippen molar-refractivity contribution in [1.29, 1.82) is 0 Å². The van der Waals surface area contributed by atoms with Gasteiger partial charge in [0.2, 0.25) is 0 Å². The number of rotatable bonds is 2. The lowest BCUT2D eigenvalue weighted by Crippen LogP contribution is -1.96. The van der Waals surface area contributed by atoms with Gasteiger partial charge in [0, 0.05) is 23.7 Å². The third-order valence-corrected chi connectivity index (χ3v) is 3.53. The van der Waals surface area contributed by atoms with E-state index in [0.29, 0.717) is 5.15 Å². The zero-order valence-electron chi connectivity index (χ0n) is 13.6. The van der Waals surface area contributed by atoms with Crippen LogP contribution in [0.25, 0.3) is 16.8 Å². The maximum atomic E-state index is 5.91. The van der Waals surface area contributed by atoms with Crippen molar-refractivity contribution in [2.75, 3.05) is 0 Å². The molecule has 3 aromatic rings. The molecule has 0 bridgehead atoms. The largest absolute Gasteiger partial charge is 0.241 e. The van der Waals surface area contributed by atoms with Crippen LogP contribution in [-0.2, 0) is 0 Å². The number of halogens is 1. The van der Waals surface area contributed by atoms with Gasteiger partial charge >= 0.3 is 0 Å². The summed E-state index contributed by atoms with van der Waals surface area (Å²) < 4.78 is 1.85. The molecule has 2 aromatic heterocycles. The first kappa shape index (κ1) is 17.0. The molecule has 0 atom stereocenters. The molecule has 4 heteroatoms. The SMILES string of the molecule is C=CC.Cc1cc(-n2cccn2)ccc1-c1ccc(Cl)nc1C. The van der Waals surface area contributed by atoms with Crippen LogP contribution in [0, 0.1) is 13.8 Å². The van der Waals surface area contributed by atoms with Gasteiger partial charge in [-0.3, -0.25) is 0 Å². The number of nitrogens with zero attached hydrogens (tertiary/aromatic N) is 3. The summed E-state index contributed by atoms with van der Waals surface area (Å²) in [6.07, 6.45) is 5.46. The zero-order chi connectivity index (χ0) is 16.8. The fourth-order valence-electron chi connectivity index (χ4n) is 2.33. The van der Waals surface area contributed by atoms with Crippen molar-refractivity contribution in [2.24, 2.45) is 0 Å². The third kappa shape index (κ3) is 4.08. The van der Waals surface area contributed by atoms with Crippen molar-refractivity contribution >= 4 is 11.6 Å². The summed E-state index contributed by atoms with van der Waals surface area (Å²) in [5.74, 6) is 0. The Morgan fingerprint density at radius 1 is 1.13 bits per heavy atom. The number of aromatic nitrogens is 3. The molecule has 2 heterocycles. The molecule has 0 aliphatic heterocycles. The van der Waals surface area contributed by atoms with Crippen LogP contribution >= 0.6 is 11.6 Å². The average Bonchev–Trinajstić information content (AvgIpc) is 3.03. The lowest BCUT2D eigenvalue weighted by atomic mass is 9.99. The average molecular weight is 326 g/mol. The van der Waals surface area contributed by atoms with Gasteiger partial charge in [-0.2, -0.15) is 5.10 Å². The number of hydrogen-bond acceptors (Lipinski definition) is 2. The Labute approximate surface area is 142 Å². The molecular formula is C19H20ClN3.